The molecule has 1 amide bonds. The van der Waals surface area contributed by atoms with E-state index in [-0.39, 0.29) is 12.7 Å². The zero-order valence-corrected chi connectivity index (χ0v) is 14.2. The van der Waals surface area contributed by atoms with Crippen molar-refractivity contribution >= 4 is 12.0 Å². The van der Waals surface area contributed by atoms with Crippen molar-refractivity contribution in [1.29, 1.82) is 0 Å². The van der Waals surface area contributed by atoms with Crippen LogP contribution >= 0.6 is 0 Å². The van der Waals surface area contributed by atoms with E-state index in [1.807, 2.05) is 29.2 Å². The molecule has 0 aliphatic carbocycles. The summed E-state index contributed by atoms with van der Waals surface area (Å²) in [5, 5.41) is 0. The van der Waals surface area contributed by atoms with Crippen molar-refractivity contribution in [3.8, 4) is 11.5 Å². The van der Waals surface area contributed by atoms with Gasteiger partial charge in [0.2, 0.25) is 12.7 Å². The van der Waals surface area contributed by atoms with E-state index in [2.05, 4.69) is 6.92 Å². The van der Waals surface area contributed by atoms with Crippen LogP contribution in [0.25, 0.3) is 6.08 Å². The van der Waals surface area contributed by atoms with Crippen molar-refractivity contribution in [2.75, 3.05) is 26.5 Å². The molecule has 1 saturated heterocycles. The Morgan fingerprint density at radius 3 is 3.04 bits per heavy atom. The first-order chi connectivity index (χ1) is 11.8. The molecule has 1 aromatic rings. The van der Waals surface area contributed by atoms with Crippen LogP contribution in [0.15, 0.2) is 24.3 Å². The van der Waals surface area contributed by atoms with Crippen molar-refractivity contribution < 1.29 is 19.0 Å². The summed E-state index contributed by atoms with van der Waals surface area (Å²) in [7, 11) is 0. The molecule has 3 rings (SSSR count). The fraction of sp³-hybridized carbons (Fsp3) is 0.526. The molecule has 2 heterocycles. The van der Waals surface area contributed by atoms with Gasteiger partial charge in [-0.15, -0.1) is 0 Å². The lowest BCUT2D eigenvalue weighted by molar-refractivity contribution is -0.126. The Labute approximate surface area is 143 Å². The molecular formula is C19H25NO4. The first-order valence-electron chi connectivity index (χ1n) is 8.74. The lowest BCUT2D eigenvalue weighted by Crippen LogP contribution is -2.30. The molecule has 24 heavy (non-hydrogen) atoms. The number of likely N-dealkylation sites (tertiary alicyclic amines) is 1. The second kappa shape index (κ2) is 8.20. The lowest BCUT2D eigenvalue weighted by Gasteiger charge is -2.19. The number of ether oxygens (including phenoxy) is 3. The monoisotopic (exact) mass is 331 g/mol. The van der Waals surface area contributed by atoms with Crippen LogP contribution in [0.4, 0.5) is 0 Å². The topological polar surface area (TPSA) is 48.0 Å². The van der Waals surface area contributed by atoms with Crippen LogP contribution in [-0.4, -0.2) is 43.4 Å². The van der Waals surface area contributed by atoms with Gasteiger partial charge in [0.25, 0.3) is 0 Å². The van der Waals surface area contributed by atoms with Crippen molar-refractivity contribution in [2.45, 2.75) is 38.7 Å². The van der Waals surface area contributed by atoms with Crippen LogP contribution < -0.4 is 9.47 Å². The van der Waals surface area contributed by atoms with Crippen LogP contribution in [0.5, 0.6) is 11.5 Å². The van der Waals surface area contributed by atoms with Gasteiger partial charge in [-0.05, 0) is 49.5 Å². The molecule has 0 saturated carbocycles. The number of rotatable bonds is 5. The molecule has 2 aliphatic rings. The summed E-state index contributed by atoms with van der Waals surface area (Å²) in [4.78, 5) is 14.3. The molecular weight excluding hydrogens is 306 g/mol. The number of carbonyl (C=O) groups is 1. The van der Waals surface area contributed by atoms with E-state index < -0.39 is 0 Å². The van der Waals surface area contributed by atoms with Gasteiger partial charge >= 0.3 is 0 Å². The second-order valence-corrected chi connectivity index (χ2v) is 6.20. The van der Waals surface area contributed by atoms with E-state index in [0.717, 1.165) is 62.4 Å². The fourth-order valence-corrected chi connectivity index (χ4v) is 3.03. The second-order valence-electron chi connectivity index (χ2n) is 6.20. The van der Waals surface area contributed by atoms with E-state index in [1.165, 1.54) is 0 Å². The Balaban J connectivity index is 1.54. The lowest BCUT2D eigenvalue weighted by atomic mass is 10.1. The predicted octanol–water partition coefficient (Wildman–Crippen LogP) is 3.24. The summed E-state index contributed by atoms with van der Waals surface area (Å²) < 4.78 is 16.5. The molecule has 1 fully saturated rings. The molecule has 0 N–H and O–H groups in total. The normalized spacial score (nSPS) is 20.4. The first kappa shape index (κ1) is 16.8. The van der Waals surface area contributed by atoms with Crippen LogP contribution in [0.3, 0.4) is 0 Å². The van der Waals surface area contributed by atoms with Gasteiger partial charge in [-0.3, -0.25) is 4.79 Å². The Morgan fingerprint density at radius 1 is 1.29 bits per heavy atom. The Morgan fingerprint density at radius 2 is 2.17 bits per heavy atom. The zero-order valence-electron chi connectivity index (χ0n) is 14.2. The van der Waals surface area contributed by atoms with Crippen molar-refractivity contribution in [3.63, 3.8) is 0 Å². The highest BCUT2D eigenvalue weighted by molar-refractivity contribution is 5.91. The van der Waals surface area contributed by atoms with E-state index >= 15 is 0 Å². The van der Waals surface area contributed by atoms with Gasteiger partial charge in [0.15, 0.2) is 11.5 Å². The summed E-state index contributed by atoms with van der Waals surface area (Å²) >= 11 is 0. The Bertz CT molecular complexity index is 599. The molecule has 1 atom stereocenters. The molecule has 0 unspecified atom stereocenters. The SMILES string of the molecule is CCCO[C@@H]1CCCN(C(=O)/C=C/c2ccc3c(c2)OCO3)CC1. The molecule has 5 heteroatoms. The molecule has 0 radical (unpaired) electrons. The van der Waals surface area contributed by atoms with Crippen molar-refractivity contribution in [2.24, 2.45) is 0 Å². The van der Waals surface area contributed by atoms with Gasteiger partial charge in [0.05, 0.1) is 6.10 Å². The maximum atomic E-state index is 12.4. The van der Waals surface area contributed by atoms with Gasteiger partial charge in [-0.1, -0.05) is 13.0 Å². The average Bonchev–Trinajstić information content (AvgIpc) is 2.94. The minimum Gasteiger partial charge on any atom is -0.454 e. The maximum absolute atomic E-state index is 12.4. The van der Waals surface area contributed by atoms with Crippen molar-refractivity contribution in [3.05, 3.63) is 29.8 Å². The largest absolute Gasteiger partial charge is 0.454 e. The minimum atomic E-state index is 0.0591. The summed E-state index contributed by atoms with van der Waals surface area (Å²) in [6, 6.07) is 5.69. The highest BCUT2D eigenvalue weighted by Gasteiger charge is 2.19. The third kappa shape index (κ3) is 4.29. The molecule has 130 valence electrons. The molecule has 0 aromatic heterocycles. The number of nitrogens with zero attached hydrogens (tertiary/aromatic N) is 1. The summed E-state index contributed by atoms with van der Waals surface area (Å²) in [6.07, 6.45) is 7.76. The molecule has 0 bridgehead atoms. The van der Waals surface area contributed by atoms with Gasteiger partial charge in [0.1, 0.15) is 0 Å². The Hall–Kier alpha value is -2.01. The summed E-state index contributed by atoms with van der Waals surface area (Å²) in [6.45, 7) is 4.75. The third-order valence-electron chi connectivity index (χ3n) is 4.36. The molecule has 5 nitrogen and oxygen atoms in total. The maximum Gasteiger partial charge on any atom is 0.246 e. The number of hydrogen-bond donors (Lipinski definition) is 0. The number of fused-ring (bicyclic) bond motifs is 1. The standard InChI is InChI=1S/C19H25NO4/c1-2-12-22-16-4-3-10-20(11-9-16)19(21)8-6-15-5-7-17-18(13-15)24-14-23-17/h5-8,13,16H,2-4,9-12,14H2,1H3/b8-6+/t16-/m1/s1. The number of hydrogen-bond acceptors (Lipinski definition) is 4. The van der Waals surface area contributed by atoms with Gasteiger partial charge in [-0.2, -0.15) is 0 Å². The average molecular weight is 331 g/mol. The highest BCUT2D eigenvalue weighted by atomic mass is 16.7. The molecule has 1 aromatic carbocycles. The molecule has 0 spiro atoms. The van der Waals surface area contributed by atoms with E-state index in [9.17, 15) is 4.79 Å². The zero-order chi connectivity index (χ0) is 16.8. The van der Waals surface area contributed by atoms with E-state index in [1.54, 1.807) is 6.08 Å². The summed E-state index contributed by atoms with van der Waals surface area (Å²) in [5.41, 5.74) is 0.937. The third-order valence-corrected chi connectivity index (χ3v) is 4.36. The minimum absolute atomic E-state index is 0.0591. The van der Waals surface area contributed by atoms with Crippen LogP contribution in [-0.2, 0) is 9.53 Å². The highest BCUT2D eigenvalue weighted by Crippen LogP contribution is 2.32. The van der Waals surface area contributed by atoms with E-state index in [0.29, 0.717) is 6.10 Å². The molecule has 2 aliphatic heterocycles. The van der Waals surface area contributed by atoms with Gasteiger partial charge < -0.3 is 19.1 Å². The summed E-state index contributed by atoms with van der Waals surface area (Å²) in [5.74, 6) is 1.54. The van der Waals surface area contributed by atoms with Crippen LogP contribution in [0.2, 0.25) is 0 Å². The number of benzene rings is 1. The van der Waals surface area contributed by atoms with Crippen LogP contribution in [0, 0.1) is 0 Å². The fourth-order valence-electron chi connectivity index (χ4n) is 3.03. The first-order valence-corrected chi connectivity index (χ1v) is 8.74. The number of carbonyl (C=O) groups excluding carboxylic acids is 1. The quantitative estimate of drug-likeness (QED) is 0.777. The van der Waals surface area contributed by atoms with Gasteiger partial charge in [0, 0.05) is 25.8 Å². The van der Waals surface area contributed by atoms with E-state index in [4.69, 9.17) is 14.2 Å². The van der Waals surface area contributed by atoms with Crippen LogP contribution in [0.1, 0.15) is 38.2 Å². The Kier molecular flexibility index (Phi) is 5.75. The van der Waals surface area contributed by atoms with Crippen molar-refractivity contribution in [1.82, 2.24) is 4.90 Å². The van der Waals surface area contributed by atoms with Gasteiger partial charge in [-0.25, -0.2) is 0 Å². The predicted molar refractivity (Wildman–Crippen MR) is 92.1 cm³/mol. The smallest absolute Gasteiger partial charge is 0.246 e. The number of amides is 1.